The Morgan fingerprint density at radius 2 is 1.86 bits per heavy atom. The van der Waals surface area contributed by atoms with Crippen molar-refractivity contribution in [3.63, 3.8) is 0 Å². The third kappa shape index (κ3) is 5.00. The fraction of sp³-hybridized carbons (Fsp3) is 0.143. The summed E-state index contributed by atoms with van der Waals surface area (Å²) >= 11 is 6.36. The first kappa shape index (κ1) is 21.0. The molecule has 3 rings (SSSR count). The third-order valence-corrected chi connectivity index (χ3v) is 5.54. The van der Waals surface area contributed by atoms with E-state index in [1.165, 1.54) is 6.07 Å². The zero-order valence-electron chi connectivity index (χ0n) is 15.6. The first-order valence-electron chi connectivity index (χ1n) is 8.64. The summed E-state index contributed by atoms with van der Waals surface area (Å²) in [5.41, 5.74) is 9.40. The number of amides is 1. The Hall–Kier alpha value is -2.74. The van der Waals surface area contributed by atoms with E-state index in [1.54, 1.807) is 48.7 Å². The minimum atomic E-state index is -3.30. The number of carbonyl (C=O) groups is 1. The fourth-order valence-electron chi connectivity index (χ4n) is 2.97. The molecule has 0 radical (unpaired) electrons. The lowest BCUT2D eigenvalue weighted by Crippen LogP contribution is -2.12. The molecule has 0 aliphatic rings. The molecule has 2 aromatic carbocycles. The van der Waals surface area contributed by atoms with Gasteiger partial charge in [0.25, 0.3) is 0 Å². The minimum absolute atomic E-state index is 0.115. The van der Waals surface area contributed by atoms with Gasteiger partial charge in [0.15, 0.2) is 9.84 Å². The van der Waals surface area contributed by atoms with Crippen molar-refractivity contribution in [1.82, 2.24) is 4.98 Å². The average molecular weight is 431 g/mol. The second-order valence-electron chi connectivity index (χ2n) is 6.71. The van der Waals surface area contributed by atoms with Crippen molar-refractivity contribution in [2.75, 3.05) is 6.26 Å². The van der Waals surface area contributed by atoms with E-state index in [4.69, 9.17) is 17.3 Å². The van der Waals surface area contributed by atoms with Crippen LogP contribution in [0.2, 0.25) is 5.02 Å². The van der Waals surface area contributed by atoms with Crippen molar-refractivity contribution < 1.29 is 18.3 Å². The van der Waals surface area contributed by atoms with Gasteiger partial charge in [-0.2, -0.15) is 0 Å². The Balaban J connectivity index is 2.16. The molecule has 1 amide bonds. The molecule has 3 aromatic rings. The van der Waals surface area contributed by atoms with Crippen LogP contribution in [0.15, 0.2) is 54.7 Å². The standard InChI is InChI=1S/C21H19ClN2O4S/c1-29(27,28)12-16-4-3-15(21(23)26)9-17(16)14-5-6-19(22)18(8-14)20-7-2-13(11-25)10-24-20/h2-10,25H,11-12H2,1H3,(H2,23,26). The zero-order chi connectivity index (χ0) is 21.2. The number of hydrogen-bond donors (Lipinski definition) is 2. The number of primary amides is 1. The highest BCUT2D eigenvalue weighted by molar-refractivity contribution is 7.89. The quantitative estimate of drug-likeness (QED) is 0.623. The maximum Gasteiger partial charge on any atom is 0.248 e. The van der Waals surface area contributed by atoms with Gasteiger partial charge in [0.05, 0.1) is 18.1 Å². The number of nitrogens with zero attached hydrogens (tertiary/aromatic N) is 1. The predicted octanol–water partition coefficient (Wildman–Crippen LogP) is 3.20. The summed E-state index contributed by atoms with van der Waals surface area (Å²) in [5, 5.41) is 9.65. The molecule has 0 atom stereocenters. The zero-order valence-corrected chi connectivity index (χ0v) is 17.2. The van der Waals surface area contributed by atoms with Gasteiger partial charge in [-0.1, -0.05) is 29.8 Å². The molecule has 0 unspecified atom stereocenters. The van der Waals surface area contributed by atoms with Crippen molar-refractivity contribution in [2.24, 2.45) is 5.73 Å². The maximum atomic E-state index is 11.9. The number of hydrogen-bond acceptors (Lipinski definition) is 5. The minimum Gasteiger partial charge on any atom is -0.392 e. The van der Waals surface area contributed by atoms with Crippen LogP contribution in [0.5, 0.6) is 0 Å². The summed E-state index contributed by atoms with van der Waals surface area (Å²) in [4.78, 5) is 16.0. The van der Waals surface area contributed by atoms with Gasteiger partial charge in [-0.25, -0.2) is 8.42 Å². The summed E-state index contributed by atoms with van der Waals surface area (Å²) in [6.45, 7) is -0.115. The van der Waals surface area contributed by atoms with Crippen molar-refractivity contribution in [1.29, 1.82) is 0 Å². The number of aliphatic hydroxyl groups excluding tert-OH is 1. The second-order valence-corrected chi connectivity index (χ2v) is 9.26. The van der Waals surface area contributed by atoms with Crippen LogP contribution in [0.1, 0.15) is 21.5 Å². The Bertz CT molecular complexity index is 1180. The number of carbonyl (C=O) groups excluding carboxylic acids is 1. The van der Waals surface area contributed by atoms with Gasteiger partial charge in [-0.05, 0) is 52.6 Å². The molecule has 0 aliphatic carbocycles. The van der Waals surface area contributed by atoms with Crippen LogP contribution >= 0.6 is 11.6 Å². The molecular formula is C21H19ClN2O4S. The fourth-order valence-corrected chi connectivity index (χ4v) is 4.00. The number of pyridine rings is 1. The van der Waals surface area contributed by atoms with E-state index >= 15 is 0 Å². The average Bonchev–Trinajstić information content (AvgIpc) is 2.67. The van der Waals surface area contributed by atoms with Gasteiger partial charge in [0.1, 0.15) is 0 Å². The van der Waals surface area contributed by atoms with Crippen LogP contribution in [0, 0.1) is 0 Å². The molecule has 0 bridgehead atoms. The lowest BCUT2D eigenvalue weighted by atomic mass is 9.95. The van der Waals surface area contributed by atoms with Crippen LogP contribution in [0.25, 0.3) is 22.4 Å². The van der Waals surface area contributed by atoms with Gasteiger partial charge < -0.3 is 10.8 Å². The number of nitrogens with two attached hydrogens (primary N) is 1. The molecular weight excluding hydrogens is 412 g/mol. The molecule has 0 fully saturated rings. The molecule has 1 aromatic heterocycles. The monoisotopic (exact) mass is 430 g/mol. The Labute approximate surface area is 173 Å². The van der Waals surface area contributed by atoms with Gasteiger partial charge in [0, 0.05) is 28.6 Å². The Morgan fingerprint density at radius 1 is 1.10 bits per heavy atom. The topological polar surface area (TPSA) is 110 Å². The van der Waals surface area contributed by atoms with Gasteiger partial charge in [-0.3, -0.25) is 9.78 Å². The second kappa shape index (κ2) is 8.32. The number of aromatic nitrogens is 1. The van der Waals surface area contributed by atoms with Crippen LogP contribution in [-0.2, 0) is 22.2 Å². The third-order valence-electron chi connectivity index (χ3n) is 4.37. The summed E-state index contributed by atoms with van der Waals surface area (Å²) in [7, 11) is -3.30. The van der Waals surface area contributed by atoms with Crippen molar-refractivity contribution in [3.8, 4) is 22.4 Å². The number of halogens is 1. The van der Waals surface area contributed by atoms with Crippen molar-refractivity contribution >= 4 is 27.3 Å². The van der Waals surface area contributed by atoms with E-state index in [0.29, 0.717) is 38.5 Å². The SMILES string of the molecule is CS(=O)(=O)Cc1ccc(C(N)=O)cc1-c1ccc(Cl)c(-c2ccc(CO)cn2)c1. The number of rotatable bonds is 6. The van der Waals surface area contributed by atoms with E-state index in [2.05, 4.69) is 4.98 Å². The van der Waals surface area contributed by atoms with Gasteiger partial charge >= 0.3 is 0 Å². The predicted molar refractivity (Wildman–Crippen MR) is 113 cm³/mol. The number of benzene rings is 2. The molecule has 0 saturated heterocycles. The first-order chi connectivity index (χ1) is 13.7. The summed E-state index contributed by atoms with van der Waals surface area (Å²) in [5.74, 6) is -0.782. The Kier molecular flexibility index (Phi) is 6.02. The maximum absolute atomic E-state index is 11.9. The molecule has 3 N–H and O–H groups in total. The van der Waals surface area contributed by atoms with E-state index in [9.17, 15) is 18.3 Å². The highest BCUT2D eigenvalue weighted by Crippen LogP contribution is 2.34. The molecule has 1 heterocycles. The normalized spacial score (nSPS) is 11.4. The van der Waals surface area contributed by atoms with Crippen LogP contribution in [-0.4, -0.2) is 30.7 Å². The number of aliphatic hydroxyl groups is 1. The smallest absolute Gasteiger partial charge is 0.248 e. The summed E-state index contributed by atoms with van der Waals surface area (Å²) in [6, 6.07) is 13.4. The molecule has 150 valence electrons. The molecule has 0 spiro atoms. The first-order valence-corrected chi connectivity index (χ1v) is 11.1. The Morgan fingerprint density at radius 3 is 2.45 bits per heavy atom. The molecule has 0 aliphatic heterocycles. The molecule has 0 saturated carbocycles. The van der Waals surface area contributed by atoms with E-state index in [1.807, 2.05) is 0 Å². The molecule has 29 heavy (non-hydrogen) atoms. The van der Waals surface area contributed by atoms with E-state index in [0.717, 1.165) is 6.26 Å². The molecule has 8 heteroatoms. The van der Waals surface area contributed by atoms with E-state index in [-0.39, 0.29) is 17.9 Å². The van der Waals surface area contributed by atoms with Crippen LogP contribution < -0.4 is 5.73 Å². The van der Waals surface area contributed by atoms with Gasteiger partial charge in [0.2, 0.25) is 5.91 Å². The van der Waals surface area contributed by atoms with Crippen LogP contribution in [0.4, 0.5) is 0 Å². The highest BCUT2D eigenvalue weighted by Gasteiger charge is 2.15. The summed E-state index contributed by atoms with van der Waals surface area (Å²) < 4.78 is 23.7. The lowest BCUT2D eigenvalue weighted by molar-refractivity contribution is 0.100. The number of sulfone groups is 1. The highest BCUT2D eigenvalue weighted by atomic mass is 35.5. The van der Waals surface area contributed by atoms with Crippen molar-refractivity contribution in [2.45, 2.75) is 12.4 Å². The van der Waals surface area contributed by atoms with E-state index < -0.39 is 15.7 Å². The molecule has 6 nitrogen and oxygen atoms in total. The van der Waals surface area contributed by atoms with Gasteiger partial charge in [-0.15, -0.1) is 0 Å². The lowest BCUT2D eigenvalue weighted by Gasteiger charge is -2.13. The summed E-state index contributed by atoms with van der Waals surface area (Å²) in [6.07, 6.45) is 2.71. The largest absolute Gasteiger partial charge is 0.392 e. The van der Waals surface area contributed by atoms with Crippen molar-refractivity contribution in [3.05, 3.63) is 76.4 Å². The van der Waals surface area contributed by atoms with Crippen LogP contribution in [0.3, 0.4) is 0 Å².